The molecule has 6 heteroatoms. The van der Waals surface area contributed by atoms with E-state index in [9.17, 15) is 0 Å². The average Bonchev–Trinajstić information content (AvgIpc) is 3.04. The van der Waals surface area contributed by atoms with Gasteiger partial charge in [0.05, 0.1) is 6.04 Å². The fourth-order valence-electron chi connectivity index (χ4n) is 2.45. The van der Waals surface area contributed by atoms with Crippen LogP contribution in [0.5, 0.6) is 11.5 Å². The van der Waals surface area contributed by atoms with Gasteiger partial charge in [-0.15, -0.1) is 0 Å². The molecule has 0 radical (unpaired) electrons. The molecule has 2 heterocycles. The number of benzene rings is 1. The van der Waals surface area contributed by atoms with Crippen LogP contribution in [0.15, 0.2) is 22.7 Å². The second kappa shape index (κ2) is 6.58. The van der Waals surface area contributed by atoms with Crippen LogP contribution in [0.4, 0.5) is 0 Å². The standard InChI is InChI=1S/C17H23N3O3/c1-11(2)16-18-17(23-19-16)12(3)20(4)10-13-5-6-14-15(9-13)22-8-7-21-14/h5-6,9,11-12H,7-8,10H2,1-4H3. The third-order valence-corrected chi connectivity index (χ3v) is 4.03. The summed E-state index contributed by atoms with van der Waals surface area (Å²) in [5.74, 6) is 3.29. The summed E-state index contributed by atoms with van der Waals surface area (Å²) in [6, 6.07) is 6.10. The van der Waals surface area contributed by atoms with E-state index in [4.69, 9.17) is 14.0 Å². The molecule has 6 nitrogen and oxygen atoms in total. The van der Waals surface area contributed by atoms with E-state index in [-0.39, 0.29) is 12.0 Å². The third kappa shape index (κ3) is 3.47. The van der Waals surface area contributed by atoms with Gasteiger partial charge in [0.15, 0.2) is 17.3 Å². The van der Waals surface area contributed by atoms with Crippen molar-refractivity contribution in [2.75, 3.05) is 20.3 Å². The Bertz CT molecular complexity index is 669. The first-order valence-electron chi connectivity index (χ1n) is 7.97. The third-order valence-electron chi connectivity index (χ3n) is 4.03. The Hall–Kier alpha value is -2.08. The van der Waals surface area contributed by atoms with Crippen molar-refractivity contribution in [2.24, 2.45) is 0 Å². The smallest absolute Gasteiger partial charge is 0.243 e. The first-order chi connectivity index (χ1) is 11.0. The fraction of sp³-hybridized carbons (Fsp3) is 0.529. The lowest BCUT2D eigenvalue weighted by atomic mass is 10.1. The zero-order chi connectivity index (χ0) is 16.4. The number of hydrogen-bond donors (Lipinski definition) is 0. The summed E-state index contributed by atoms with van der Waals surface area (Å²) in [5.41, 5.74) is 1.16. The van der Waals surface area contributed by atoms with Crippen LogP contribution in [0.25, 0.3) is 0 Å². The molecular formula is C17H23N3O3. The van der Waals surface area contributed by atoms with Gasteiger partial charge in [0.1, 0.15) is 13.2 Å². The molecule has 0 bridgehead atoms. The molecule has 3 rings (SSSR count). The summed E-state index contributed by atoms with van der Waals surface area (Å²) in [6.45, 7) is 8.14. The lowest BCUT2D eigenvalue weighted by Gasteiger charge is -2.23. The lowest BCUT2D eigenvalue weighted by Crippen LogP contribution is -2.22. The van der Waals surface area contributed by atoms with Crippen molar-refractivity contribution in [3.8, 4) is 11.5 Å². The highest BCUT2D eigenvalue weighted by molar-refractivity contribution is 5.43. The van der Waals surface area contributed by atoms with Gasteiger partial charge in [-0.3, -0.25) is 4.90 Å². The molecule has 1 aliphatic heterocycles. The maximum atomic E-state index is 5.64. The molecule has 0 saturated carbocycles. The van der Waals surface area contributed by atoms with Crippen LogP contribution in [-0.2, 0) is 6.54 Å². The van der Waals surface area contributed by atoms with E-state index in [1.165, 1.54) is 0 Å². The largest absolute Gasteiger partial charge is 0.486 e. The van der Waals surface area contributed by atoms with Crippen LogP contribution in [0.3, 0.4) is 0 Å². The molecule has 0 amide bonds. The maximum Gasteiger partial charge on any atom is 0.243 e. The Morgan fingerprint density at radius 3 is 2.57 bits per heavy atom. The van der Waals surface area contributed by atoms with E-state index in [1.807, 2.05) is 19.2 Å². The molecule has 0 saturated heterocycles. The summed E-state index contributed by atoms with van der Waals surface area (Å²) in [4.78, 5) is 6.65. The molecule has 1 aliphatic rings. The summed E-state index contributed by atoms with van der Waals surface area (Å²) in [6.07, 6.45) is 0. The summed E-state index contributed by atoms with van der Waals surface area (Å²) < 4.78 is 16.6. The second-order valence-corrected chi connectivity index (χ2v) is 6.21. The number of rotatable bonds is 5. The number of fused-ring (bicyclic) bond motifs is 1. The molecule has 1 unspecified atom stereocenters. The molecule has 1 atom stereocenters. The molecule has 0 spiro atoms. The van der Waals surface area contributed by atoms with Gasteiger partial charge in [-0.05, 0) is 31.7 Å². The van der Waals surface area contributed by atoms with Crippen molar-refractivity contribution in [3.05, 3.63) is 35.5 Å². The minimum absolute atomic E-state index is 0.0446. The van der Waals surface area contributed by atoms with Gasteiger partial charge in [-0.25, -0.2) is 0 Å². The monoisotopic (exact) mass is 317 g/mol. The Balaban J connectivity index is 1.69. The van der Waals surface area contributed by atoms with Gasteiger partial charge >= 0.3 is 0 Å². The maximum absolute atomic E-state index is 5.64. The van der Waals surface area contributed by atoms with Crippen LogP contribution < -0.4 is 9.47 Å². The van der Waals surface area contributed by atoms with E-state index in [1.54, 1.807) is 0 Å². The molecule has 2 aromatic rings. The topological polar surface area (TPSA) is 60.6 Å². The van der Waals surface area contributed by atoms with Crippen molar-refractivity contribution in [1.82, 2.24) is 15.0 Å². The highest BCUT2D eigenvalue weighted by atomic mass is 16.6. The summed E-state index contributed by atoms with van der Waals surface area (Å²) in [7, 11) is 2.04. The molecule has 1 aromatic carbocycles. The van der Waals surface area contributed by atoms with Gasteiger partial charge in [0.2, 0.25) is 5.89 Å². The van der Waals surface area contributed by atoms with Crippen molar-refractivity contribution < 1.29 is 14.0 Å². The first-order valence-corrected chi connectivity index (χ1v) is 7.97. The van der Waals surface area contributed by atoms with E-state index in [0.29, 0.717) is 19.1 Å². The van der Waals surface area contributed by atoms with Gasteiger partial charge in [-0.2, -0.15) is 4.98 Å². The predicted octanol–water partition coefficient (Wildman–Crippen LogP) is 3.16. The normalized spacial score (nSPS) is 15.2. The molecule has 23 heavy (non-hydrogen) atoms. The molecule has 0 N–H and O–H groups in total. The van der Waals surface area contributed by atoms with Gasteiger partial charge in [-0.1, -0.05) is 25.1 Å². The highest BCUT2D eigenvalue weighted by Gasteiger charge is 2.20. The van der Waals surface area contributed by atoms with E-state index < -0.39 is 0 Å². The fourth-order valence-corrected chi connectivity index (χ4v) is 2.45. The van der Waals surface area contributed by atoms with Crippen molar-refractivity contribution in [2.45, 2.75) is 39.3 Å². The highest BCUT2D eigenvalue weighted by Crippen LogP contribution is 2.31. The van der Waals surface area contributed by atoms with E-state index >= 15 is 0 Å². The quantitative estimate of drug-likeness (QED) is 0.844. The number of ether oxygens (including phenoxy) is 2. The lowest BCUT2D eigenvalue weighted by molar-refractivity contribution is 0.170. The number of nitrogens with zero attached hydrogens (tertiary/aromatic N) is 3. The molecular weight excluding hydrogens is 294 g/mol. The summed E-state index contributed by atoms with van der Waals surface area (Å²) in [5, 5.41) is 4.03. The number of aromatic nitrogens is 2. The predicted molar refractivity (Wildman–Crippen MR) is 85.7 cm³/mol. The van der Waals surface area contributed by atoms with Crippen LogP contribution in [0, 0.1) is 0 Å². The zero-order valence-electron chi connectivity index (χ0n) is 14.1. The van der Waals surface area contributed by atoms with Crippen LogP contribution in [0.2, 0.25) is 0 Å². The van der Waals surface area contributed by atoms with Gasteiger partial charge < -0.3 is 14.0 Å². The van der Waals surface area contributed by atoms with Crippen LogP contribution >= 0.6 is 0 Å². The van der Waals surface area contributed by atoms with Crippen LogP contribution in [0.1, 0.15) is 50.0 Å². The van der Waals surface area contributed by atoms with E-state index in [0.717, 1.165) is 29.4 Å². The molecule has 124 valence electrons. The van der Waals surface area contributed by atoms with Crippen molar-refractivity contribution in [3.63, 3.8) is 0 Å². The first kappa shape index (κ1) is 15.8. The Morgan fingerprint density at radius 1 is 1.13 bits per heavy atom. The molecule has 0 fully saturated rings. The van der Waals surface area contributed by atoms with Gasteiger partial charge in [0.25, 0.3) is 0 Å². The minimum Gasteiger partial charge on any atom is -0.486 e. The van der Waals surface area contributed by atoms with Gasteiger partial charge in [0, 0.05) is 12.5 Å². The average molecular weight is 317 g/mol. The summed E-state index contributed by atoms with van der Waals surface area (Å²) >= 11 is 0. The zero-order valence-corrected chi connectivity index (χ0v) is 14.1. The van der Waals surface area contributed by atoms with Crippen molar-refractivity contribution in [1.29, 1.82) is 0 Å². The Morgan fingerprint density at radius 2 is 1.87 bits per heavy atom. The Kier molecular flexibility index (Phi) is 4.52. The molecule has 0 aliphatic carbocycles. The minimum atomic E-state index is 0.0446. The molecule has 1 aromatic heterocycles. The number of hydrogen-bond acceptors (Lipinski definition) is 6. The SMILES string of the molecule is CC(C)c1noc(C(C)N(C)Cc2ccc3c(c2)OCCO3)n1. The second-order valence-electron chi connectivity index (χ2n) is 6.21. The van der Waals surface area contributed by atoms with Crippen molar-refractivity contribution >= 4 is 0 Å². The Labute approximate surface area is 136 Å². The van der Waals surface area contributed by atoms with E-state index in [2.05, 4.69) is 41.9 Å². The van der Waals surface area contributed by atoms with Crippen LogP contribution in [-0.4, -0.2) is 35.3 Å².